The van der Waals surface area contributed by atoms with E-state index in [0.717, 1.165) is 52.9 Å². The van der Waals surface area contributed by atoms with Gasteiger partial charge >= 0.3 is 0 Å². The van der Waals surface area contributed by atoms with Gasteiger partial charge in [0.15, 0.2) is 17.5 Å². The van der Waals surface area contributed by atoms with Crippen molar-refractivity contribution in [2.24, 2.45) is 5.92 Å². The van der Waals surface area contributed by atoms with Crippen LogP contribution in [0.2, 0.25) is 0 Å². The molecule has 279 valence electrons. The molecule has 0 spiro atoms. The summed E-state index contributed by atoms with van der Waals surface area (Å²) in [4.78, 5) is 15.5. The van der Waals surface area contributed by atoms with Crippen molar-refractivity contribution in [3.05, 3.63) is 181 Å². The van der Waals surface area contributed by atoms with Crippen LogP contribution in [0, 0.1) is 5.92 Å². The number of aryl methyl sites for hydroxylation is 1. The Balaban J connectivity index is 0.00000408. The number of hydrogen-bond acceptors (Lipinski definition) is 3. The standard InChI is InChI=1S/C52H41N5.V/c1-34-25-27-35(28-26-34)38-31-39(52-54-50(36-15-5-2-6-16-36)53-51(55-52)37-17-7-3-8-18-37)33-41(32-38)57-47-24-14-12-22-43(47)45-30-29-44-42-21-11-13-23-46(42)56(48(44)49(45)57)40-19-9-4-10-20-40;/h2-11,13,15-21,23,25,27-34H,12,14,22,24,26H2,1H3;. The molecule has 0 N–H and O–H groups in total. The predicted molar refractivity (Wildman–Crippen MR) is 235 cm³/mol. The molecule has 5 nitrogen and oxygen atoms in total. The van der Waals surface area contributed by atoms with E-state index in [1.54, 1.807) is 0 Å². The Kier molecular flexibility index (Phi) is 9.28. The van der Waals surface area contributed by atoms with Gasteiger partial charge in [-0.1, -0.05) is 134 Å². The van der Waals surface area contributed by atoms with Crippen LogP contribution in [0.1, 0.15) is 43.0 Å². The number of para-hydroxylation sites is 2. The van der Waals surface area contributed by atoms with E-state index >= 15 is 0 Å². The molecule has 2 aliphatic carbocycles. The second-order valence-corrected chi connectivity index (χ2v) is 15.6. The van der Waals surface area contributed by atoms with Gasteiger partial charge in [0.1, 0.15) is 0 Å². The first-order valence-electron chi connectivity index (χ1n) is 20.2. The minimum Gasteiger partial charge on any atom is -0.311 e. The Hall–Kier alpha value is -6.27. The van der Waals surface area contributed by atoms with Crippen molar-refractivity contribution < 1.29 is 18.6 Å². The SMILES string of the molecule is CC1C=CC(c2cc(-c3nc(-c4ccccc4)nc(-c4ccccc4)n3)cc(-n3c4c(c5ccc6c7ccccc7n(-c7ccccc7)c6c53)CCCC4)c2)=CC1.[V]. The molecular weight excluding hydrogens is 746 g/mol. The molecule has 6 aromatic carbocycles. The molecule has 0 aliphatic heterocycles. The van der Waals surface area contributed by atoms with Gasteiger partial charge in [-0.25, -0.2) is 15.0 Å². The van der Waals surface area contributed by atoms with E-state index in [9.17, 15) is 0 Å². The van der Waals surface area contributed by atoms with Gasteiger partial charge in [-0.05, 0) is 91.1 Å². The van der Waals surface area contributed by atoms with Crippen LogP contribution in [0.5, 0.6) is 0 Å². The minimum absolute atomic E-state index is 0. The zero-order chi connectivity index (χ0) is 37.9. The molecule has 0 amide bonds. The smallest absolute Gasteiger partial charge is 0.164 e. The van der Waals surface area contributed by atoms with Gasteiger partial charge in [0.05, 0.1) is 16.6 Å². The van der Waals surface area contributed by atoms with Crippen molar-refractivity contribution in [1.82, 2.24) is 24.1 Å². The van der Waals surface area contributed by atoms with Crippen molar-refractivity contribution in [1.29, 1.82) is 0 Å². The molecule has 1 atom stereocenters. The van der Waals surface area contributed by atoms with E-state index in [2.05, 4.69) is 143 Å². The molecule has 0 saturated carbocycles. The zero-order valence-corrected chi connectivity index (χ0v) is 33.8. The first-order chi connectivity index (χ1) is 28.2. The van der Waals surface area contributed by atoms with E-state index in [1.165, 1.54) is 62.4 Å². The largest absolute Gasteiger partial charge is 0.311 e. The van der Waals surface area contributed by atoms with E-state index in [0.29, 0.717) is 23.4 Å². The first kappa shape index (κ1) is 36.1. The van der Waals surface area contributed by atoms with Crippen LogP contribution in [0.4, 0.5) is 0 Å². The summed E-state index contributed by atoms with van der Waals surface area (Å²) in [6.45, 7) is 2.28. The summed E-state index contributed by atoms with van der Waals surface area (Å²) in [5.41, 5.74) is 14.2. The molecule has 0 bridgehead atoms. The average molecular weight is 787 g/mol. The minimum atomic E-state index is 0. The molecule has 1 unspecified atom stereocenters. The number of benzene rings is 6. The summed E-state index contributed by atoms with van der Waals surface area (Å²) in [6, 6.07) is 52.0. The Labute approximate surface area is 350 Å². The molecule has 11 rings (SSSR count). The summed E-state index contributed by atoms with van der Waals surface area (Å²) in [5, 5.41) is 3.86. The van der Waals surface area contributed by atoms with Gasteiger partial charge < -0.3 is 9.13 Å². The third-order valence-electron chi connectivity index (χ3n) is 11.9. The second kappa shape index (κ2) is 14.9. The van der Waals surface area contributed by atoms with Crippen LogP contribution < -0.4 is 0 Å². The van der Waals surface area contributed by atoms with Crippen LogP contribution in [-0.2, 0) is 31.4 Å². The molecule has 1 radical (unpaired) electrons. The fourth-order valence-corrected chi connectivity index (χ4v) is 9.12. The Morgan fingerprint density at radius 3 is 1.79 bits per heavy atom. The molecule has 3 aromatic heterocycles. The number of aromatic nitrogens is 5. The maximum Gasteiger partial charge on any atom is 0.164 e. The average Bonchev–Trinajstić information content (AvgIpc) is 3.80. The fourth-order valence-electron chi connectivity index (χ4n) is 9.12. The molecule has 9 aromatic rings. The van der Waals surface area contributed by atoms with Crippen LogP contribution in [0.15, 0.2) is 164 Å². The van der Waals surface area contributed by atoms with Crippen molar-refractivity contribution in [3.63, 3.8) is 0 Å². The number of fused-ring (bicyclic) bond motifs is 7. The second-order valence-electron chi connectivity index (χ2n) is 15.6. The third kappa shape index (κ3) is 6.14. The van der Waals surface area contributed by atoms with Crippen LogP contribution >= 0.6 is 0 Å². The van der Waals surface area contributed by atoms with Crippen molar-refractivity contribution in [2.75, 3.05) is 0 Å². The fraction of sp³-hybridized carbons (Fsp3) is 0.135. The van der Waals surface area contributed by atoms with Gasteiger partial charge in [0, 0.05) is 68.5 Å². The molecule has 0 saturated heterocycles. The molecule has 2 aliphatic rings. The van der Waals surface area contributed by atoms with Crippen molar-refractivity contribution in [2.45, 2.75) is 39.0 Å². The normalized spacial score (nSPS) is 15.1. The van der Waals surface area contributed by atoms with Crippen molar-refractivity contribution in [3.8, 4) is 45.5 Å². The predicted octanol–water partition coefficient (Wildman–Crippen LogP) is 12.8. The van der Waals surface area contributed by atoms with Crippen LogP contribution in [-0.4, -0.2) is 24.1 Å². The molecule has 58 heavy (non-hydrogen) atoms. The van der Waals surface area contributed by atoms with E-state index in [1.807, 2.05) is 36.4 Å². The van der Waals surface area contributed by atoms with Crippen LogP contribution in [0.25, 0.3) is 83.8 Å². The Morgan fingerprint density at radius 2 is 1.10 bits per heavy atom. The molecule has 6 heteroatoms. The number of rotatable bonds is 6. The van der Waals surface area contributed by atoms with Crippen LogP contribution in [0.3, 0.4) is 0 Å². The first-order valence-corrected chi connectivity index (χ1v) is 20.2. The Morgan fingerprint density at radius 1 is 0.517 bits per heavy atom. The quantitative estimate of drug-likeness (QED) is 0.169. The third-order valence-corrected chi connectivity index (χ3v) is 11.9. The van der Waals surface area contributed by atoms with E-state index in [4.69, 9.17) is 15.0 Å². The monoisotopic (exact) mass is 786 g/mol. The summed E-state index contributed by atoms with van der Waals surface area (Å²) < 4.78 is 5.09. The maximum absolute atomic E-state index is 5.23. The van der Waals surface area contributed by atoms with E-state index in [-0.39, 0.29) is 18.6 Å². The topological polar surface area (TPSA) is 48.5 Å². The molecular formula is C52H41N5V. The summed E-state index contributed by atoms with van der Waals surface area (Å²) in [6.07, 6.45) is 12.5. The molecule has 3 heterocycles. The Bertz CT molecular complexity index is 2990. The number of allylic oxidation sites excluding steroid dienone is 4. The summed E-state index contributed by atoms with van der Waals surface area (Å²) in [7, 11) is 0. The van der Waals surface area contributed by atoms with Gasteiger partial charge in [-0.2, -0.15) is 0 Å². The van der Waals surface area contributed by atoms with Gasteiger partial charge in [0.2, 0.25) is 0 Å². The number of hydrogen-bond donors (Lipinski definition) is 0. The van der Waals surface area contributed by atoms with Crippen molar-refractivity contribution >= 4 is 38.3 Å². The van der Waals surface area contributed by atoms with E-state index < -0.39 is 0 Å². The molecule has 0 fully saturated rings. The zero-order valence-electron chi connectivity index (χ0n) is 32.4. The summed E-state index contributed by atoms with van der Waals surface area (Å²) >= 11 is 0. The van der Waals surface area contributed by atoms with Gasteiger partial charge in [-0.3, -0.25) is 0 Å². The van der Waals surface area contributed by atoms with Gasteiger partial charge in [-0.15, -0.1) is 0 Å². The maximum atomic E-state index is 5.23. The summed E-state index contributed by atoms with van der Waals surface area (Å²) in [5.74, 6) is 2.49. The number of nitrogens with zero attached hydrogens (tertiary/aromatic N) is 5. The van der Waals surface area contributed by atoms with Gasteiger partial charge in [0.25, 0.3) is 0 Å².